The first kappa shape index (κ1) is 26.5. The molecule has 2 heterocycles. The normalized spacial score (nSPS) is 29.9. The maximum Gasteiger partial charge on any atom is 0.235 e. The van der Waals surface area contributed by atoms with Gasteiger partial charge >= 0.3 is 0 Å². The molecule has 3 aliphatic carbocycles. The highest BCUT2D eigenvalue weighted by Gasteiger charge is 2.69. The quantitative estimate of drug-likeness (QED) is 0.439. The number of likely N-dealkylation sites (N-methyl/N-ethyl adjacent to an activating group) is 1. The number of aliphatic hydroxyl groups is 1. The summed E-state index contributed by atoms with van der Waals surface area (Å²) in [5.74, 6) is -9.53. The third-order valence-corrected chi connectivity index (χ3v) is 9.35. The van der Waals surface area contributed by atoms with E-state index in [9.17, 15) is 29.1 Å². The predicted molar refractivity (Wildman–Crippen MR) is 145 cm³/mol. The van der Waals surface area contributed by atoms with Gasteiger partial charge in [-0.05, 0) is 55.9 Å². The largest absolute Gasteiger partial charge is 0.435 e. The minimum absolute atomic E-state index is 0.0470. The summed E-state index contributed by atoms with van der Waals surface area (Å²) in [6.45, 7) is 0. The Kier molecular flexibility index (Phi) is 5.88. The highest BCUT2D eigenvalue weighted by atomic mass is 32.1. The van der Waals surface area contributed by atoms with Crippen LogP contribution in [0.3, 0.4) is 0 Å². The molecule has 0 bridgehead atoms. The molecule has 2 fully saturated rings. The number of carbonyl (C=O) groups is 5. The average molecular weight is 565 g/mol. The van der Waals surface area contributed by atoms with Crippen LogP contribution >= 0.6 is 11.3 Å². The summed E-state index contributed by atoms with van der Waals surface area (Å²) < 4.78 is 6.10. The molecule has 40 heavy (non-hydrogen) atoms. The SMILES string of the molecule is CN(C)c1cc2nc(-c3ccsc3)oc2c2c1C[C@H]1C[C@H]3[C@H](N(C)C)C(=O)C(C(N)=O)C(=O)[C@@]3(O)C(=O)C1C2=O. The molecule has 0 aliphatic heterocycles. The zero-order valence-corrected chi connectivity index (χ0v) is 23.2. The number of Topliss-reactive ketones (excluding diaryl/α,β-unsaturated/α-hetero) is 4. The second-order valence-corrected chi connectivity index (χ2v) is 12.1. The van der Waals surface area contributed by atoms with Crippen LogP contribution < -0.4 is 10.6 Å². The topological polar surface area (TPSA) is 164 Å². The minimum atomic E-state index is -2.71. The number of oxazole rings is 1. The van der Waals surface area contributed by atoms with Gasteiger partial charge in [0.05, 0.1) is 17.5 Å². The lowest BCUT2D eigenvalue weighted by Crippen LogP contribution is -2.74. The fraction of sp³-hybridized carbons (Fsp3) is 0.429. The maximum absolute atomic E-state index is 14.2. The molecule has 12 heteroatoms. The lowest BCUT2D eigenvalue weighted by atomic mass is 9.52. The Labute approximate surface area is 232 Å². The van der Waals surface area contributed by atoms with Gasteiger partial charge in [0, 0.05) is 36.6 Å². The Bertz CT molecular complexity index is 1620. The summed E-state index contributed by atoms with van der Waals surface area (Å²) in [5.41, 5.74) is 5.72. The number of nitrogens with two attached hydrogens (primary N) is 1. The van der Waals surface area contributed by atoms with E-state index in [1.807, 2.05) is 41.9 Å². The van der Waals surface area contributed by atoms with Crippen molar-refractivity contribution in [2.45, 2.75) is 24.5 Å². The molecule has 3 aromatic rings. The van der Waals surface area contributed by atoms with Crippen molar-refractivity contribution in [3.63, 3.8) is 0 Å². The fourth-order valence-corrected chi connectivity index (χ4v) is 7.58. The van der Waals surface area contributed by atoms with E-state index in [2.05, 4.69) is 4.98 Å². The molecule has 0 saturated heterocycles. The van der Waals surface area contributed by atoms with Gasteiger partial charge in [-0.2, -0.15) is 11.3 Å². The second kappa shape index (κ2) is 8.88. The lowest BCUT2D eigenvalue weighted by Gasteiger charge is -2.52. The molecule has 2 saturated carbocycles. The van der Waals surface area contributed by atoms with Gasteiger partial charge in [0.25, 0.3) is 0 Å². The molecule has 11 nitrogen and oxygen atoms in total. The van der Waals surface area contributed by atoms with Crippen molar-refractivity contribution in [3.05, 3.63) is 34.0 Å². The van der Waals surface area contributed by atoms with Crippen LogP contribution in [0.2, 0.25) is 0 Å². The number of nitrogens with zero attached hydrogens (tertiary/aromatic N) is 3. The molecule has 6 atom stereocenters. The number of hydrogen-bond donors (Lipinski definition) is 2. The third kappa shape index (κ3) is 3.42. The van der Waals surface area contributed by atoms with Gasteiger partial charge < -0.3 is 20.2 Å². The fourth-order valence-electron chi connectivity index (χ4n) is 6.95. The van der Waals surface area contributed by atoms with Crippen LogP contribution in [0.15, 0.2) is 27.3 Å². The molecule has 2 unspecified atom stereocenters. The molecule has 3 aliphatic rings. The highest BCUT2D eigenvalue weighted by molar-refractivity contribution is 7.08. The van der Waals surface area contributed by atoms with Crippen LogP contribution in [0.1, 0.15) is 22.3 Å². The van der Waals surface area contributed by atoms with Crippen LogP contribution in [0.25, 0.3) is 22.6 Å². The first-order valence-corrected chi connectivity index (χ1v) is 13.8. The van der Waals surface area contributed by atoms with Crippen molar-refractivity contribution in [2.24, 2.45) is 29.4 Å². The lowest BCUT2D eigenvalue weighted by molar-refractivity contribution is -0.181. The average Bonchev–Trinajstić information content (AvgIpc) is 3.55. The molecule has 6 rings (SSSR count). The van der Waals surface area contributed by atoms with Crippen molar-refractivity contribution >= 4 is 57.2 Å². The molecule has 0 spiro atoms. The maximum atomic E-state index is 14.2. The first-order valence-electron chi connectivity index (χ1n) is 12.9. The van der Waals surface area contributed by atoms with Crippen molar-refractivity contribution in [1.29, 1.82) is 0 Å². The zero-order valence-electron chi connectivity index (χ0n) is 22.3. The molecular formula is C28H28N4O7S. The van der Waals surface area contributed by atoms with E-state index in [0.717, 1.165) is 11.3 Å². The number of ketones is 4. The summed E-state index contributed by atoms with van der Waals surface area (Å²) in [6.07, 6.45) is 0.329. The van der Waals surface area contributed by atoms with E-state index in [-0.39, 0.29) is 24.0 Å². The summed E-state index contributed by atoms with van der Waals surface area (Å²) in [5, 5.41) is 15.5. The van der Waals surface area contributed by atoms with Crippen molar-refractivity contribution in [1.82, 2.24) is 9.88 Å². The van der Waals surface area contributed by atoms with E-state index in [1.165, 1.54) is 16.2 Å². The number of aromatic nitrogens is 1. The van der Waals surface area contributed by atoms with Crippen molar-refractivity contribution < 1.29 is 33.5 Å². The Morgan fingerprint density at radius 1 is 1.18 bits per heavy atom. The third-order valence-electron chi connectivity index (χ3n) is 8.67. The number of anilines is 1. The van der Waals surface area contributed by atoms with Gasteiger partial charge in [-0.15, -0.1) is 0 Å². The van der Waals surface area contributed by atoms with Crippen LogP contribution in [0.5, 0.6) is 0 Å². The Balaban J connectivity index is 1.53. The Hall–Kier alpha value is -3.74. The van der Waals surface area contributed by atoms with Crippen molar-refractivity contribution in [2.75, 3.05) is 33.1 Å². The molecule has 1 amide bonds. The number of benzene rings is 1. The van der Waals surface area contributed by atoms with E-state index < -0.39 is 64.4 Å². The summed E-state index contributed by atoms with van der Waals surface area (Å²) in [6, 6.07) is 2.58. The van der Waals surface area contributed by atoms with Gasteiger partial charge in [-0.1, -0.05) is 0 Å². The summed E-state index contributed by atoms with van der Waals surface area (Å²) in [7, 11) is 6.83. The molecule has 2 aromatic heterocycles. The standard InChI is InChI=1S/C28H28N4O7S/c1-31(2)16-9-15-23(39-27(30-15)11-5-6-40-10-11)18-13(16)7-12-8-14-20(32(3)4)22(34)19(26(29)37)25(36)28(14,38)24(35)17(12)21(18)33/h5-6,9-10,12,14,17,19-20,38H,7-8H2,1-4H3,(H2,29,37)/t12-,14-,17?,19?,20-,28-/m0/s1. The second-order valence-electron chi connectivity index (χ2n) is 11.3. The van der Waals surface area contributed by atoms with Gasteiger partial charge in [0.2, 0.25) is 11.8 Å². The van der Waals surface area contributed by atoms with Gasteiger partial charge in [-0.3, -0.25) is 28.9 Å². The summed E-state index contributed by atoms with van der Waals surface area (Å²) >= 11 is 1.47. The van der Waals surface area contributed by atoms with Crippen molar-refractivity contribution in [3.8, 4) is 11.5 Å². The van der Waals surface area contributed by atoms with Gasteiger partial charge in [-0.25, -0.2) is 4.98 Å². The number of rotatable bonds is 4. The first-order chi connectivity index (χ1) is 18.9. The number of primary amides is 1. The van der Waals surface area contributed by atoms with E-state index in [4.69, 9.17) is 10.2 Å². The van der Waals surface area contributed by atoms with Crippen LogP contribution in [-0.2, 0) is 25.6 Å². The molecule has 3 N–H and O–H groups in total. The highest BCUT2D eigenvalue weighted by Crippen LogP contribution is 2.51. The number of thiophene rings is 1. The molecule has 0 radical (unpaired) electrons. The van der Waals surface area contributed by atoms with Gasteiger partial charge in [0.15, 0.2) is 40.2 Å². The Morgan fingerprint density at radius 3 is 2.50 bits per heavy atom. The number of hydrogen-bond acceptors (Lipinski definition) is 11. The van der Waals surface area contributed by atoms with E-state index >= 15 is 0 Å². The molecular weight excluding hydrogens is 536 g/mol. The smallest absolute Gasteiger partial charge is 0.235 e. The zero-order chi connectivity index (χ0) is 28.8. The molecule has 208 valence electrons. The van der Waals surface area contributed by atoms with E-state index in [0.29, 0.717) is 17.0 Å². The Morgan fingerprint density at radius 2 is 1.90 bits per heavy atom. The summed E-state index contributed by atoms with van der Waals surface area (Å²) in [4.78, 5) is 75.2. The predicted octanol–water partition coefficient (Wildman–Crippen LogP) is 1.10. The van der Waals surface area contributed by atoms with Crippen LogP contribution in [-0.4, -0.2) is 83.9 Å². The van der Waals surface area contributed by atoms with Gasteiger partial charge in [0.1, 0.15) is 5.52 Å². The molecule has 1 aromatic carbocycles. The van der Waals surface area contributed by atoms with Crippen LogP contribution in [0.4, 0.5) is 5.69 Å². The number of fused-ring (bicyclic) bond motifs is 5. The number of amides is 1. The van der Waals surface area contributed by atoms with E-state index in [1.54, 1.807) is 14.1 Å². The van der Waals surface area contributed by atoms with Crippen LogP contribution in [0, 0.1) is 23.7 Å². The number of carbonyl (C=O) groups excluding carboxylic acids is 5. The minimum Gasteiger partial charge on any atom is -0.435 e. The monoisotopic (exact) mass is 564 g/mol.